The average Bonchev–Trinajstić information content (AvgIpc) is 3.31. The van der Waals surface area contributed by atoms with E-state index in [1.165, 1.54) is 231 Å². The molecule has 6 heteroatoms. The first-order valence-corrected chi connectivity index (χ1v) is 28.8. The maximum absolute atomic E-state index is 12.4. The molecule has 1 amide bonds. The molecular weight excluding hydrogens is 803 g/mol. The largest absolute Gasteiger partial charge is 0.466 e. The summed E-state index contributed by atoms with van der Waals surface area (Å²) in [6, 6.07) is -0.631. The van der Waals surface area contributed by atoms with E-state index in [2.05, 4.69) is 43.5 Å². The standard InChI is InChI=1S/C59H111NO5/c1-3-5-7-9-11-13-15-29-33-37-41-45-49-53-59(64)65-54-50-46-42-38-34-31-28-26-24-22-20-18-16-17-19-21-23-25-27-30-32-36-40-44-48-52-58(63)60-56(55-61)57(62)51-47-43-39-35-14-12-10-8-6-4-2/h17-20,47,51,56-57,61-62H,3-16,21-46,48-50,52-55H2,1-2H3,(H,60,63)/b19-17-,20-18-,51-47+. The predicted molar refractivity (Wildman–Crippen MR) is 283 cm³/mol. The van der Waals surface area contributed by atoms with Crippen LogP contribution in [0.15, 0.2) is 36.5 Å². The summed E-state index contributed by atoms with van der Waals surface area (Å²) in [6.07, 6.45) is 67.5. The number of allylic oxidation sites excluding steroid dienone is 5. The van der Waals surface area contributed by atoms with Crippen molar-refractivity contribution in [1.29, 1.82) is 0 Å². The van der Waals surface area contributed by atoms with Crippen molar-refractivity contribution in [2.75, 3.05) is 13.2 Å². The molecule has 0 radical (unpaired) electrons. The molecule has 0 saturated heterocycles. The number of hydrogen-bond donors (Lipinski definition) is 3. The van der Waals surface area contributed by atoms with Crippen LogP contribution in [0.2, 0.25) is 0 Å². The van der Waals surface area contributed by atoms with Gasteiger partial charge in [0.15, 0.2) is 0 Å². The summed E-state index contributed by atoms with van der Waals surface area (Å²) >= 11 is 0. The molecule has 382 valence electrons. The Kier molecular flexibility index (Phi) is 53.1. The predicted octanol–water partition coefficient (Wildman–Crippen LogP) is 17.6. The van der Waals surface area contributed by atoms with Crippen LogP contribution in [-0.4, -0.2) is 47.4 Å². The quantitative estimate of drug-likeness (QED) is 0.0321. The minimum atomic E-state index is -0.846. The van der Waals surface area contributed by atoms with Crippen molar-refractivity contribution in [3.63, 3.8) is 0 Å². The van der Waals surface area contributed by atoms with E-state index in [1.807, 2.05) is 6.08 Å². The van der Waals surface area contributed by atoms with Gasteiger partial charge in [-0.2, -0.15) is 0 Å². The van der Waals surface area contributed by atoms with Crippen LogP contribution < -0.4 is 5.32 Å². The van der Waals surface area contributed by atoms with Gasteiger partial charge in [-0.05, 0) is 64.2 Å². The highest BCUT2D eigenvalue weighted by Gasteiger charge is 2.18. The summed E-state index contributed by atoms with van der Waals surface area (Å²) in [6.45, 7) is 4.88. The van der Waals surface area contributed by atoms with Gasteiger partial charge in [-0.3, -0.25) is 9.59 Å². The van der Waals surface area contributed by atoms with Crippen molar-refractivity contribution in [3.05, 3.63) is 36.5 Å². The average molecular weight is 915 g/mol. The molecular formula is C59H111NO5. The molecule has 0 aromatic carbocycles. The Morgan fingerprint density at radius 2 is 0.769 bits per heavy atom. The summed E-state index contributed by atoms with van der Waals surface area (Å²) in [5.74, 6) is -0.0665. The van der Waals surface area contributed by atoms with Crippen molar-refractivity contribution in [3.8, 4) is 0 Å². The normalized spacial score (nSPS) is 12.9. The topological polar surface area (TPSA) is 95.9 Å². The lowest BCUT2D eigenvalue weighted by Crippen LogP contribution is -2.45. The Balaban J connectivity index is 3.43. The second-order valence-corrected chi connectivity index (χ2v) is 19.6. The molecule has 0 fully saturated rings. The summed E-state index contributed by atoms with van der Waals surface area (Å²) in [5, 5.41) is 23.0. The maximum atomic E-state index is 12.4. The van der Waals surface area contributed by atoms with Crippen LogP contribution in [0.5, 0.6) is 0 Å². The van der Waals surface area contributed by atoms with E-state index in [1.54, 1.807) is 6.08 Å². The molecule has 0 rings (SSSR count). The van der Waals surface area contributed by atoms with Gasteiger partial charge in [0, 0.05) is 12.8 Å². The van der Waals surface area contributed by atoms with E-state index < -0.39 is 12.1 Å². The Bertz CT molecular complexity index is 1060. The SMILES string of the molecule is CCCCCCCCCC/C=C/C(O)C(CO)NC(=O)CCCCCCCCCCC/C=C\C/C=C\CCCCCCCCCCCOC(=O)CCCCCCCCCCCCCCC. The minimum Gasteiger partial charge on any atom is -0.466 e. The van der Waals surface area contributed by atoms with E-state index in [9.17, 15) is 19.8 Å². The van der Waals surface area contributed by atoms with Crippen molar-refractivity contribution in [2.45, 2.75) is 315 Å². The highest BCUT2D eigenvalue weighted by Crippen LogP contribution is 2.16. The zero-order chi connectivity index (χ0) is 47.2. The zero-order valence-electron chi connectivity index (χ0n) is 43.5. The molecule has 0 aliphatic rings. The summed E-state index contributed by atoms with van der Waals surface area (Å²) < 4.78 is 5.47. The van der Waals surface area contributed by atoms with Crippen molar-refractivity contribution in [1.82, 2.24) is 5.32 Å². The molecule has 0 aliphatic carbocycles. The maximum Gasteiger partial charge on any atom is 0.305 e. The molecule has 0 spiro atoms. The highest BCUT2D eigenvalue weighted by molar-refractivity contribution is 5.76. The number of unbranched alkanes of at least 4 members (excludes halogenated alkanes) is 38. The first-order chi connectivity index (χ1) is 32.0. The van der Waals surface area contributed by atoms with Gasteiger partial charge in [0.05, 0.1) is 25.4 Å². The number of rotatable bonds is 53. The number of carbonyl (C=O) groups excluding carboxylic acids is 2. The van der Waals surface area contributed by atoms with Crippen LogP contribution in [0.3, 0.4) is 0 Å². The third kappa shape index (κ3) is 51.3. The number of aliphatic hydroxyl groups excluding tert-OH is 2. The van der Waals surface area contributed by atoms with Gasteiger partial charge in [-0.25, -0.2) is 0 Å². The van der Waals surface area contributed by atoms with Crippen LogP contribution in [0.4, 0.5) is 0 Å². The Hall–Kier alpha value is -1.92. The number of esters is 1. The highest BCUT2D eigenvalue weighted by atomic mass is 16.5. The molecule has 0 heterocycles. The lowest BCUT2D eigenvalue weighted by molar-refractivity contribution is -0.143. The number of amides is 1. The Labute approximate surface area is 404 Å². The number of carbonyl (C=O) groups is 2. The van der Waals surface area contributed by atoms with Crippen LogP contribution >= 0.6 is 0 Å². The summed E-state index contributed by atoms with van der Waals surface area (Å²) in [7, 11) is 0. The zero-order valence-corrected chi connectivity index (χ0v) is 43.5. The molecule has 0 aliphatic heterocycles. The fourth-order valence-corrected chi connectivity index (χ4v) is 8.72. The van der Waals surface area contributed by atoms with Gasteiger partial charge in [-0.15, -0.1) is 0 Å². The molecule has 0 bridgehead atoms. The van der Waals surface area contributed by atoms with Gasteiger partial charge in [0.1, 0.15) is 0 Å². The van der Waals surface area contributed by atoms with Gasteiger partial charge >= 0.3 is 5.97 Å². The van der Waals surface area contributed by atoms with Crippen LogP contribution in [0, 0.1) is 0 Å². The van der Waals surface area contributed by atoms with Crippen LogP contribution in [0.1, 0.15) is 303 Å². The third-order valence-corrected chi connectivity index (χ3v) is 13.2. The van der Waals surface area contributed by atoms with E-state index in [0.29, 0.717) is 19.4 Å². The minimum absolute atomic E-state index is 0.00966. The number of hydrogen-bond acceptors (Lipinski definition) is 5. The number of aliphatic hydroxyl groups is 2. The lowest BCUT2D eigenvalue weighted by atomic mass is 10.0. The van der Waals surface area contributed by atoms with Gasteiger partial charge in [-0.1, -0.05) is 262 Å². The molecule has 0 aromatic heterocycles. The number of ether oxygens (including phenoxy) is 1. The van der Waals surface area contributed by atoms with Crippen molar-refractivity contribution in [2.24, 2.45) is 0 Å². The molecule has 65 heavy (non-hydrogen) atoms. The first-order valence-electron chi connectivity index (χ1n) is 28.8. The van der Waals surface area contributed by atoms with Gasteiger partial charge in [0.2, 0.25) is 5.91 Å². The van der Waals surface area contributed by atoms with Crippen molar-refractivity contribution >= 4 is 11.9 Å². The second-order valence-electron chi connectivity index (χ2n) is 19.6. The fourth-order valence-electron chi connectivity index (χ4n) is 8.72. The summed E-state index contributed by atoms with van der Waals surface area (Å²) in [5.41, 5.74) is 0. The molecule has 2 atom stereocenters. The third-order valence-electron chi connectivity index (χ3n) is 13.2. The van der Waals surface area contributed by atoms with E-state index in [4.69, 9.17) is 4.74 Å². The van der Waals surface area contributed by atoms with Gasteiger partial charge in [0.25, 0.3) is 0 Å². The van der Waals surface area contributed by atoms with E-state index >= 15 is 0 Å². The second kappa shape index (κ2) is 54.7. The molecule has 2 unspecified atom stereocenters. The molecule has 3 N–H and O–H groups in total. The fraction of sp³-hybridized carbons (Fsp3) is 0.864. The van der Waals surface area contributed by atoms with Gasteiger partial charge < -0.3 is 20.3 Å². The van der Waals surface area contributed by atoms with Crippen molar-refractivity contribution < 1.29 is 24.5 Å². The smallest absolute Gasteiger partial charge is 0.305 e. The van der Waals surface area contributed by atoms with Crippen LogP contribution in [0.25, 0.3) is 0 Å². The lowest BCUT2D eigenvalue weighted by Gasteiger charge is -2.20. The van der Waals surface area contributed by atoms with E-state index in [-0.39, 0.29) is 18.5 Å². The van der Waals surface area contributed by atoms with E-state index in [0.717, 1.165) is 44.9 Å². The first kappa shape index (κ1) is 63.1. The molecule has 6 nitrogen and oxygen atoms in total. The monoisotopic (exact) mass is 914 g/mol. The molecule has 0 saturated carbocycles. The summed E-state index contributed by atoms with van der Waals surface area (Å²) in [4.78, 5) is 24.4. The number of nitrogens with one attached hydrogen (secondary N) is 1. The van der Waals surface area contributed by atoms with Crippen LogP contribution in [-0.2, 0) is 14.3 Å². The molecule has 0 aromatic rings. The Morgan fingerprint density at radius 1 is 0.431 bits per heavy atom. The Morgan fingerprint density at radius 3 is 1.17 bits per heavy atom.